The molecule has 0 unspecified atom stereocenters. The Morgan fingerprint density at radius 2 is 1.64 bits per heavy atom. The van der Waals surface area contributed by atoms with Crippen LogP contribution >= 0.6 is 0 Å². The average Bonchev–Trinajstić information content (AvgIpc) is 1.84. The second-order valence-corrected chi connectivity index (χ2v) is 1.80. The smallest absolute Gasteiger partial charge is 0.171 e. The Morgan fingerprint density at radius 1 is 1.27 bits per heavy atom. The first-order chi connectivity index (χ1) is 4.97. The minimum Gasteiger partial charge on any atom is -0.171 e. The summed E-state index contributed by atoms with van der Waals surface area (Å²) in [5, 5.41) is 0. The van der Waals surface area contributed by atoms with Crippen molar-refractivity contribution in [1.82, 2.24) is 0 Å². The summed E-state index contributed by atoms with van der Waals surface area (Å²) in [4.78, 5) is 0. The van der Waals surface area contributed by atoms with Crippen LogP contribution in [0.1, 0.15) is 20.3 Å². The zero-order chi connectivity index (χ0) is 9.33. The molecule has 0 aromatic rings. The van der Waals surface area contributed by atoms with Crippen LogP contribution < -0.4 is 0 Å². The van der Waals surface area contributed by atoms with Crippen molar-refractivity contribution in [3.63, 3.8) is 0 Å². The number of halogens is 3. The van der Waals surface area contributed by atoms with Gasteiger partial charge in [-0.25, -0.2) is 0 Å². The molecule has 0 spiro atoms. The van der Waals surface area contributed by atoms with Crippen molar-refractivity contribution in [2.75, 3.05) is 0 Å². The SMILES string of the molecule is C/C=C\CC(F)(F)F.C=CC. The van der Waals surface area contributed by atoms with Gasteiger partial charge in [-0.05, 0) is 13.8 Å². The number of hydrogen-bond acceptors (Lipinski definition) is 0. The van der Waals surface area contributed by atoms with Gasteiger partial charge in [-0.2, -0.15) is 13.2 Å². The molecule has 0 aliphatic rings. The molecule has 66 valence electrons. The first-order valence-electron chi connectivity index (χ1n) is 3.23. The molecule has 0 N–H and O–H groups in total. The number of alkyl halides is 3. The Hall–Kier alpha value is -0.730. The lowest BCUT2D eigenvalue weighted by atomic mass is 10.4. The molecule has 0 aromatic heterocycles. The predicted octanol–water partition coefficient (Wildman–Crippen LogP) is 3.71. The largest absolute Gasteiger partial charge is 0.392 e. The fourth-order valence-corrected chi connectivity index (χ4v) is 0.251. The molecular formula is C8H13F3. The average molecular weight is 166 g/mol. The van der Waals surface area contributed by atoms with Crippen LogP contribution in [0.5, 0.6) is 0 Å². The second kappa shape index (κ2) is 7.38. The molecule has 0 rings (SSSR count). The minimum absolute atomic E-state index is 0.816. The summed E-state index contributed by atoms with van der Waals surface area (Å²) in [6.07, 6.45) is -0.635. The topological polar surface area (TPSA) is 0 Å². The molecule has 0 heterocycles. The highest BCUT2D eigenvalue weighted by Crippen LogP contribution is 2.19. The maximum Gasteiger partial charge on any atom is 0.392 e. The lowest BCUT2D eigenvalue weighted by Gasteiger charge is -1.98. The summed E-state index contributed by atoms with van der Waals surface area (Å²) in [6, 6.07) is 0. The van der Waals surface area contributed by atoms with Crippen molar-refractivity contribution in [3.8, 4) is 0 Å². The highest BCUT2D eigenvalue weighted by molar-refractivity contribution is 4.79. The summed E-state index contributed by atoms with van der Waals surface area (Å²) in [6.45, 7) is 6.81. The molecule has 0 atom stereocenters. The third-order valence-corrected chi connectivity index (χ3v) is 0.585. The Bertz CT molecular complexity index is 111. The third-order valence-electron chi connectivity index (χ3n) is 0.585. The van der Waals surface area contributed by atoms with E-state index in [-0.39, 0.29) is 0 Å². The Labute approximate surface area is 65.4 Å². The molecule has 11 heavy (non-hydrogen) atoms. The molecule has 0 saturated heterocycles. The van der Waals surface area contributed by atoms with Gasteiger partial charge in [0.25, 0.3) is 0 Å². The van der Waals surface area contributed by atoms with E-state index < -0.39 is 12.6 Å². The lowest BCUT2D eigenvalue weighted by molar-refractivity contribution is -0.125. The van der Waals surface area contributed by atoms with Gasteiger partial charge in [0, 0.05) is 0 Å². The van der Waals surface area contributed by atoms with E-state index in [2.05, 4.69) is 6.58 Å². The van der Waals surface area contributed by atoms with E-state index in [0.717, 1.165) is 6.08 Å². The molecule has 0 nitrogen and oxygen atoms in total. The van der Waals surface area contributed by atoms with E-state index in [1.54, 1.807) is 13.0 Å². The second-order valence-electron chi connectivity index (χ2n) is 1.80. The first-order valence-corrected chi connectivity index (χ1v) is 3.23. The number of allylic oxidation sites excluding steroid dienone is 3. The van der Waals surface area contributed by atoms with Crippen molar-refractivity contribution in [3.05, 3.63) is 24.8 Å². The Morgan fingerprint density at radius 3 is 1.73 bits per heavy atom. The lowest BCUT2D eigenvalue weighted by Crippen LogP contribution is -2.03. The zero-order valence-corrected chi connectivity index (χ0v) is 6.78. The molecule has 0 bridgehead atoms. The van der Waals surface area contributed by atoms with E-state index in [1.807, 2.05) is 6.92 Å². The van der Waals surface area contributed by atoms with E-state index in [9.17, 15) is 13.2 Å². The van der Waals surface area contributed by atoms with Gasteiger partial charge in [0.1, 0.15) is 0 Å². The van der Waals surface area contributed by atoms with Crippen LogP contribution in [0.3, 0.4) is 0 Å². The van der Waals surface area contributed by atoms with Gasteiger partial charge in [0.15, 0.2) is 0 Å². The van der Waals surface area contributed by atoms with Gasteiger partial charge in [0.2, 0.25) is 0 Å². The fraction of sp³-hybridized carbons (Fsp3) is 0.500. The first kappa shape index (κ1) is 12.9. The van der Waals surface area contributed by atoms with Crippen LogP contribution in [-0.2, 0) is 0 Å². The standard InChI is InChI=1S/C5H7F3.C3H6/c1-2-3-4-5(6,7)8;1-3-2/h2-3H,4H2,1H3;3H,1H2,2H3/b3-2-;. The van der Waals surface area contributed by atoms with Gasteiger partial charge in [-0.1, -0.05) is 18.2 Å². The van der Waals surface area contributed by atoms with E-state index >= 15 is 0 Å². The van der Waals surface area contributed by atoms with Crippen LogP contribution in [0.15, 0.2) is 24.8 Å². The monoisotopic (exact) mass is 166 g/mol. The van der Waals surface area contributed by atoms with Gasteiger partial charge in [-0.3, -0.25) is 0 Å². The van der Waals surface area contributed by atoms with Crippen LogP contribution in [0.4, 0.5) is 13.2 Å². The Balaban J connectivity index is 0. The molecule has 0 saturated carbocycles. The molecule has 0 fully saturated rings. The van der Waals surface area contributed by atoms with E-state index in [1.165, 1.54) is 6.08 Å². The van der Waals surface area contributed by atoms with Crippen molar-refractivity contribution in [1.29, 1.82) is 0 Å². The van der Waals surface area contributed by atoms with Crippen molar-refractivity contribution < 1.29 is 13.2 Å². The van der Waals surface area contributed by atoms with Crippen LogP contribution in [-0.4, -0.2) is 6.18 Å². The maximum atomic E-state index is 11.2. The quantitative estimate of drug-likeness (QED) is 0.521. The molecule has 0 radical (unpaired) electrons. The summed E-state index contributed by atoms with van der Waals surface area (Å²) in [5.74, 6) is 0. The summed E-state index contributed by atoms with van der Waals surface area (Å²) in [7, 11) is 0. The van der Waals surface area contributed by atoms with Gasteiger partial charge in [0.05, 0.1) is 6.42 Å². The van der Waals surface area contributed by atoms with Gasteiger partial charge in [-0.15, -0.1) is 6.58 Å². The molecule has 3 heteroatoms. The number of hydrogen-bond donors (Lipinski definition) is 0. The van der Waals surface area contributed by atoms with E-state index in [4.69, 9.17) is 0 Å². The van der Waals surface area contributed by atoms with Crippen LogP contribution in [0.25, 0.3) is 0 Å². The normalized spacial score (nSPS) is 10.6. The highest BCUT2D eigenvalue weighted by atomic mass is 19.4. The van der Waals surface area contributed by atoms with Gasteiger partial charge >= 0.3 is 6.18 Å². The van der Waals surface area contributed by atoms with E-state index in [0.29, 0.717) is 0 Å². The highest BCUT2D eigenvalue weighted by Gasteiger charge is 2.24. The molecule has 0 aromatic carbocycles. The summed E-state index contributed by atoms with van der Waals surface area (Å²) in [5.41, 5.74) is 0. The van der Waals surface area contributed by atoms with Crippen LogP contribution in [0.2, 0.25) is 0 Å². The third kappa shape index (κ3) is 26.9. The maximum absolute atomic E-state index is 11.2. The number of rotatable bonds is 1. The Kier molecular flexibility index (Phi) is 8.65. The summed E-state index contributed by atoms with van der Waals surface area (Å²) < 4.78 is 33.6. The van der Waals surface area contributed by atoms with Crippen molar-refractivity contribution in [2.45, 2.75) is 26.4 Å². The minimum atomic E-state index is -4.04. The van der Waals surface area contributed by atoms with Crippen molar-refractivity contribution in [2.24, 2.45) is 0 Å². The molecular weight excluding hydrogens is 153 g/mol. The fourth-order valence-electron chi connectivity index (χ4n) is 0.251. The van der Waals surface area contributed by atoms with Gasteiger partial charge < -0.3 is 0 Å². The summed E-state index contributed by atoms with van der Waals surface area (Å²) >= 11 is 0. The zero-order valence-electron chi connectivity index (χ0n) is 6.78. The predicted molar refractivity (Wildman–Crippen MR) is 41.4 cm³/mol. The van der Waals surface area contributed by atoms with Crippen molar-refractivity contribution >= 4 is 0 Å². The van der Waals surface area contributed by atoms with Crippen LogP contribution in [0, 0.1) is 0 Å². The molecule has 0 aliphatic carbocycles. The molecule has 0 aliphatic heterocycles. The molecule has 0 amide bonds.